The summed E-state index contributed by atoms with van der Waals surface area (Å²) in [5.74, 6) is 0.184. The van der Waals surface area contributed by atoms with Crippen molar-refractivity contribution in [1.29, 1.82) is 0 Å². The van der Waals surface area contributed by atoms with Crippen molar-refractivity contribution in [3.63, 3.8) is 0 Å². The SMILES string of the molecule is CC(=O)N1CCC[C@H]1[C@H]1CCCN1CC(=O)NCc1ccccn1. The number of hydrogen-bond donors (Lipinski definition) is 1. The molecule has 2 atom stereocenters. The van der Waals surface area contributed by atoms with E-state index in [0.29, 0.717) is 19.1 Å². The quantitative estimate of drug-likeness (QED) is 0.880. The molecule has 2 aliphatic heterocycles. The molecule has 0 spiro atoms. The van der Waals surface area contributed by atoms with Gasteiger partial charge in [-0.05, 0) is 44.4 Å². The first-order chi connectivity index (χ1) is 11.6. The molecule has 3 heterocycles. The van der Waals surface area contributed by atoms with Gasteiger partial charge in [-0.15, -0.1) is 0 Å². The van der Waals surface area contributed by atoms with Crippen LogP contribution in [-0.4, -0.2) is 58.3 Å². The molecule has 2 fully saturated rings. The molecule has 130 valence electrons. The second kappa shape index (κ2) is 7.75. The standard InChI is InChI=1S/C18H26N4O2/c1-14(23)22-11-5-8-17(22)16-7-4-10-21(16)13-18(24)20-12-15-6-2-3-9-19-15/h2-3,6,9,16-17H,4-5,7-8,10-13H2,1H3,(H,20,24)/t16-,17+/m1/s1. The Labute approximate surface area is 143 Å². The second-order valence-electron chi connectivity index (χ2n) is 6.70. The van der Waals surface area contributed by atoms with Crippen LogP contribution in [-0.2, 0) is 16.1 Å². The summed E-state index contributed by atoms with van der Waals surface area (Å²) in [6.07, 6.45) is 6.02. The van der Waals surface area contributed by atoms with Gasteiger partial charge in [-0.25, -0.2) is 0 Å². The van der Waals surface area contributed by atoms with Crippen LogP contribution in [0.1, 0.15) is 38.3 Å². The fourth-order valence-corrected chi connectivity index (χ4v) is 4.00. The molecular weight excluding hydrogens is 304 g/mol. The third-order valence-electron chi connectivity index (χ3n) is 5.10. The van der Waals surface area contributed by atoms with Gasteiger partial charge in [-0.2, -0.15) is 0 Å². The number of likely N-dealkylation sites (tertiary alicyclic amines) is 2. The summed E-state index contributed by atoms with van der Waals surface area (Å²) in [7, 11) is 0. The summed E-state index contributed by atoms with van der Waals surface area (Å²) in [6.45, 7) is 4.30. The summed E-state index contributed by atoms with van der Waals surface area (Å²) >= 11 is 0. The van der Waals surface area contributed by atoms with Gasteiger partial charge in [-0.3, -0.25) is 19.5 Å². The van der Waals surface area contributed by atoms with Crippen LogP contribution in [0.15, 0.2) is 24.4 Å². The highest BCUT2D eigenvalue weighted by atomic mass is 16.2. The zero-order chi connectivity index (χ0) is 16.9. The Morgan fingerprint density at radius 1 is 1.21 bits per heavy atom. The van der Waals surface area contributed by atoms with Crippen LogP contribution in [0.3, 0.4) is 0 Å². The van der Waals surface area contributed by atoms with E-state index >= 15 is 0 Å². The second-order valence-corrected chi connectivity index (χ2v) is 6.70. The molecule has 0 saturated carbocycles. The number of aromatic nitrogens is 1. The number of pyridine rings is 1. The zero-order valence-electron chi connectivity index (χ0n) is 14.3. The zero-order valence-corrected chi connectivity index (χ0v) is 14.3. The molecular formula is C18H26N4O2. The van der Waals surface area contributed by atoms with E-state index in [1.54, 1.807) is 13.1 Å². The highest BCUT2D eigenvalue weighted by molar-refractivity contribution is 5.78. The third-order valence-corrected chi connectivity index (χ3v) is 5.10. The van der Waals surface area contributed by atoms with E-state index in [0.717, 1.165) is 44.5 Å². The Hall–Kier alpha value is -1.95. The van der Waals surface area contributed by atoms with Crippen molar-refractivity contribution in [2.24, 2.45) is 0 Å². The average molecular weight is 330 g/mol. The third kappa shape index (κ3) is 3.93. The highest BCUT2D eigenvalue weighted by Gasteiger charge is 2.39. The number of nitrogens with one attached hydrogen (secondary N) is 1. The van der Waals surface area contributed by atoms with E-state index in [1.807, 2.05) is 23.1 Å². The Morgan fingerprint density at radius 3 is 2.75 bits per heavy atom. The molecule has 1 aromatic rings. The summed E-state index contributed by atoms with van der Waals surface area (Å²) in [4.78, 5) is 32.6. The van der Waals surface area contributed by atoms with Crippen LogP contribution < -0.4 is 5.32 Å². The van der Waals surface area contributed by atoms with E-state index in [2.05, 4.69) is 15.2 Å². The molecule has 0 aromatic carbocycles. The van der Waals surface area contributed by atoms with Gasteiger partial charge in [0.05, 0.1) is 18.8 Å². The molecule has 1 aromatic heterocycles. The molecule has 24 heavy (non-hydrogen) atoms. The van der Waals surface area contributed by atoms with Crippen molar-refractivity contribution in [2.75, 3.05) is 19.6 Å². The molecule has 2 saturated heterocycles. The average Bonchev–Trinajstić information content (AvgIpc) is 3.22. The molecule has 2 aliphatic rings. The van der Waals surface area contributed by atoms with Crippen LogP contribution in [0.2, 0.25) is 0 Å². The summed E-state index contributed by atoms with van der Waals surface area (Å²) in [6, 6.07) is 6.28. The van der Waals surface area contributed by atoms with Gasteiger partial charge >= 0.3 is 0 Å². The van der Waals surface area contributed by atoms with Gasteiger partial charge in [0.2, 0.25) is 11.8 Å². The minimum absolute atomic E-state index is 0.0277. The number of nitrogens with zero attached hydrogens (tertiary/aromatic N) is 3. The first-order valence-corrected chi connectivity index (χ1v) is 8.83. The predicted octanol–water partition coefficient (Wildman–Crippen LogP) is 1.17. The maximum absolute atomic E-state index is 12.3. The van der Waals surface area contributed by atoms with E-state index in [9.17, 15) is 9.59 Å². The summed E-state index contributed by atoms with van der Waals surface area (Å²) in [5, 5.41) is 2.95. The lowest BCUT2D eigenvalue weighted by Crippen LogP contribution is -2.50. The number of carbonyl (C=O) groups excluding carboxylic acids is 2. The normalized spacial score (nSPS) is 24.3. The Kier molecular flexibility index (Phi) is 5.45. The van der Waals surface area contributed by atoms with Gasteiger partial charge < -0.3 is 10.2 Å². The Bertz CT molecular complexity index is 578. The molecule has 0 aliphatic carbocycles. The van der Waals surface area contributed by atoms with Crippen molar-refractivity contribution in [3.05, 3.63) is 30.1 Å². The maximum Gasteiger partial charge on any atom is 0.234 e. The summed E-state index contributed by atoms with van der Waals surface area (Å²) in [5.41, 5.74) is 0.863. The lowest BCUT2D eigenvalue weighted by Gasteiger charge is -2.34. The minimum Gasteiger partial charge on any atom is -0.349 e. The van der Waals surface area contributed by atoms with Crippen LogP contribution in [0, 0.1) is 0 Å². The fraction of sp³-hybridized carbons (Fsp3) is 0.611. The number of hydrogen-bond acceptors (Lipinski definition) is 4. The minimum atomic E-state index is 0.0277. The molecule has 6 nitrogen and oxygen atoms in total. The largest absolute Gasteiger partial charge is 0.349 e. The van der Waals surface area contributed by atoms with Gasteiger partial charge in [0, 0.05) is 31.7 Å². The monoisotopic (exact) mass is 330 g/mol. The molecule has 6 heteroatoms. The van der Waals surface area contributed by atoms with Crippen molar-refractivity contribution in [2.45, 2.75) is 51.2 Å². The van der Waals surface area contributed by atoms with Gasteiger partial charge in [0.15, 0.2) is 0 Å². The van der Waals surface area contributed by atoms with Crippen molar-refractivity contribution in [1.82, 2.24) is 20.1 Å². The number of carbonyl (C=O) groups is 2. The number of rotatable bonds is 5. The molecule has 0 radical (unpaired) electrons. The smallest absolute Gasteiger partial charge is 0.234 e. The van der Waals surface area contributed by atoms with E-state index in [-0.39, 0.29) is 17.9 Å². The number of amides is 2. The first kappa shape index (κ1) is 16.9. The van der Waals surface area contributed by atoms with Crippen molar-refractivity contribution in [3.8, 4) is 0 Å². The van der Waals surface area contributed by atoms with Gasteiger partial charge in [0.1, 0.15) is 0 Å². The van der Waals surface area contributed by atoms with Crippen molar-refractivity contribution >= 4 is 11.8 Å². The fourth-order valence-electron chi connectivity index (χ4n) is 4.00. The van der Waals surface area contributed by atoms with Crippen LogP contribution >= 0.6 is 0 Å². The molecule has 3 rings (SSSR count). The lowest BCUT2D eigenvalue weighted by molar-refractivity contribution is -0.130. The predicted molar refractivity (Wildman–Crippen MR) is 91.1 cm³/mol. The van der Waals surface area contributed by atoms with E-state index < -0.39 is 0 Å². The van der Waals surface area contributed by atoms with Crippen LogP contribution in [0.5, 0.6) is 0 Å². The van der Waals surface area contributed by atoms with Crippen molar-refractivity contribution < 1.29 is 9.59 Å². The summed E-state index contributed by atoms with van der Waals surface area (Å²) < 4.78 is 0. The van der Waals surface area contributed by atoms with Crippen LogP contribution in [0.4, 0.5) is 0 Å². The molecule has 0 unspecified atom stereocenters. The van der Waals surface area contributed by atoms with Crippen LogP contribution in [0.25, 0.3) is 0 Å². The molecule has 2 amide bonds. The molecule has 0 bridgehead atoms. The van der Waals surface area contributed by atoms with E-state index in [1.165, 1.54) is 0 Å². The van der Waals surface area contributed by atoms with E-state index in [4.69, 9.17) is 0 Å². The molecule has 1 N–H and O–H groups in total. The highest BCUT2D eigenvalue weighted by Crippen LogP contribution is 2.29. The topological polar surface area (TPSA) is 65.5 Å². The maximum atomic E-state index is 12.3. The first-order valence-electron chi connectivity index (χ1n) is 8.83. The Morgan fingerprint density at radius 2 is 2.00 bits per heavy atom. The van der Waals surface area contributed by atoms with Gasteiger partial charge in [-0.1, -0.05) is 6.07 Å². The lowest BCUT2D eigenvalue weighted by atomic mass is 10.0. The Balaban J connectivity index is 1.54. The van der Waals surface area contributed by atoms with Gasteiger partial charge in [0.25, 0.3) is 0 Å².